The van der Waals surface area contributed by atoms with Gasteiger partial charge < -0.3 is 15.5 Å². The number of urea groups is 1. The molecule has 0 spiro atoms. The number of piperidine rings is 1. The van der Waals surface area contributed by atoms with E-state index in [0.29, 0.717) is 0 Å². The lowest BCUT2D eigenvalue weighted by atomic mass is 9.88. The SMILES string of the molecule is Cc1cc(N2CCC(NC(=O)NC3(C)CC=CCC3)CC2)n[nH]1. The maximum absolute atomic E-state index is 12.3. The highest BCUT2D eigenvalue weighted by atomic mass is 16.2. The number of hydrogen-bond donors (Lipinski definition) is 3. The average molecular weight is 317 g/mol. The summed E-state index contributed by atoms with van der Waals surface area (Å²) in [5.41, 5.74) is 0.973. The number of allylic oxidation sites excluding steroid dienone is 1. The number of H-pyrrole nitrogens is 1. The summed E-state index contributed by atoms with van der Waals surface area (Å²) in [5.74, 6) is 1.01. The number of aryl methyl sites for hydroxylation is 1. The fraction of sp³-hybridized carbons (Fsp3) is 0.647. The molecule has 1 aromatic heterocycles. The summed E-state index contributed by atoms with van der Waals surface area (Å²) in [6, 6.07) is 2.28. The molecule has 126 valence electrons. The molecular weight excluding hydrogens is 290 g/mol. The van der Waals surface area contributed by atoms with E-state index < -0.39 is 0 Å². The first-order valence-electron chi connectivity index (χ1n) is 8.55. The summed E-state index contributed by atoms with van der Waals surface area (Å²) in [5, 5.41) is 13.6. The van der Waals surface area contributed by atoms with Crippen LogP contribution in [0.15, 0.2) is 18.2 Å². The summed E-state index contributed by atoms with van der Waals surface area (Å²) >= 11 is 0. The smallest absolute Gasteiger partial charge is 0.315 e. The van der Waals surface area contributed by atoms with Gasteiger partial charge in [-0.3, -0.25) is 5.10 Å². The first kappa shape index (κ1) is 15.9. The zero-order chi connectivity index (χ0) is 16.3. The lowest BCUT2D eigenvalue weighted by molar-refractivity contribution is 0.218. The summed E-state index contributed by atoms with van der Waals surface area (Å²) in [6.07, 6.45) is 9.22. The summed E-state index contributed by atoms with van der Waals surface area (Å²) in [7, 11) is 0. The molecule has 1 saturated heterocycles. The molecular formula is C17H27N5O. The largest absolute Gasteiger partial charge is 0.355 e. The minimum atomic E-state index is -0.105. The van der Waals surface area contributed by atoms with Crippen molar-refractivity contribution in [3.63, 3.8) is 0 Å². The molecule has 1 atom stereocenters. The fourth-order valence-corrected chi connectivity index (χ4v) is 3.39. The Morgan fingerprint density at radius 3 is 2.78 bits per heavy atom. The van der Waals surface area contributed by atoms with E-state index in [4.69, 9.17) is 0 Å². The van der Waals surface area contributed by atoms with E-state index in [2.05, 4.69) is 50.9 Å². The Morgan fingerprint density at radius 2 is 2.17 bits per heavy atom. The topological polar surface area (TPSA) is 73.1 Å². The second-order valence-corrected chi connectivity index (χ2v) is 7.04. The van der Waals surface area contributed by atoms with Crippen molar-refractivity contribution in [3.8, 4) is 0 Å². The van der Waals surface area contributed by atoms with Gasteiger partial charge in [-0.05, 0) is 46.0 Å². The molecule has 2 aliphatic rings. The van der Waals surface area contributed by atoms with Crippen molar-refractivity contribution in [2.24, 2.45) is 0 Å². The molecule has 23 heavy (non-hydrogen) atoms. The van der Waals surface area contributed by atoms with Crippen molar-refractivity contribution in [2.45, 2.75) is 57.5 Å². The van der Waals surface area contributed by atoms with Crippen LogP contribution in [0.2, 0.25) is 0 Å². The molecule has 2 heterocycles. The third kappa shape index (κ3) is 4.06. The van der Waals surface area contributed by atoms with Crippen molar-refractivity contribution in [3.05, 3.63) is 23.9 Å². The maximum atomic E-state index is 12.3. The molecule has 6 nitrogen and oxygen atoms in total. The number of aromatic amines is 1. The highest BCUT2D eigenvalue weighted by molar-refractivity contribution is 5.75. The summed E-state index contributed by atoms with van der Waals surface area (Å²) in [6.45, 7) is 5.99. The van der Waals surface area contributed by atoms with Crippen LogP contribution in [0.25, 0.3) is 0 Å². The quantitative estimate of drug-likeness (QED) is 0.750. The first-order valence-corrected chi connectivity index (χ1v) is 8.55. The molecule has 1 aliphatic heterocycles. The third-order valence-electron chi connectivity index (χ3n) is 4.86. The van der Waals surface area contributed by atoms with Crippen LogP contribution in [0.1, 0.15) is 44.7 Å². The fourth-order valence-electron chi connectivity index (χ4n) is 3.39. The van der Waals surface area contributed by atoms with E-state index in [1.54, 1.807) is 0 Å². The number of carbonyl (C=O) groups is 1. The predicted octanol–water partition coefficient (Wildman–Crippen LogP) is 2.48. The van der Waals surface area contributed by atoms with Crippen molar-refractivity contribution in [1.82, 2.24) is 20.8 Å². The van der Waals surface area contributed by atoms with Crippen LogP contribution in [0.3, 0.4) is 0 Å². The number of amides is 2. The van der Waals surface area contributed by atoms with Crippen LogP contribution in [-0.2, 0) is 0 Å². The van der Waals surface area contributed by atoms with E-state index in [9.17, 15) is 4.79 Å². The normalized spacial score (nSPS) is 25.4. The van der Waals surface area contributed by atoms with E-state index in [-0.39, 0.29) is 17.6 Å². The van der Waals surface area contributed by atoms with Gasteiger partial charge in [0.15, 0.2) is 5.82 Å². The van der Waals surface area contributed by atoms with Crippen LogP contribution in [0.5, 0.6) is 0 Å². The third-order valence-corrected chi connectivity index (χ3v) is 4.86. The van der Waals surface area contributed by atoms with Crippen LogP contribution in [-0.4, -0.2) is 40.9 Å². The van der Waals surface area contributed by atoms with Gasteiger partial charge in [0.05, 0.1) is 0 Å². The highest BCUT2D eigenvalue weighted by Crippen LogP contribution is 2.23. The molecule has 2 amide bonds. The number of hydrogen-bond acceptors (Lipinski definition) is 3. The molecule has 0 radical (unpaired) electrons. The zero-order valence-corrected chi connectivity index (χ0v) is 14.1. The molecule has 0 aromatic carbocycles. The Bertz CT molecular complexity index is 573. The van der Waals surface area contributed by atoms with Crippen molar-refractivity contribution in [1.29, 1.82) is 0 Å². The van der Waals surface area contributed by atoms with Crippen LogP contribution in [0.4, 0.5) is 10.6 Å². The molecule has 0 saturated carbocycles. The van der Waals surface area contributed by atoms with Gasteiger partial charge in [0.25, 0.3) is 0 Å². The lowest BCUT2D eigenvalue weighted by Crippen LogP contribution is -2.54. The minimum absolute atomic E-state index is 0.0307. The van der Waals surface area contributed by atoms with Gasteiger partial charge in [0.2, 0.25) is 0 Å². The Morgan fingerprint density at radius 1 is 1.39 bits per heavy atom. The number of carbonyl (C=O) groups excluding carboxylic acids is 1. The molecule has 1 aliphatic carbocycles. The molecule has 0 bridgehead atoms. The maximum Gasteiger partial charge on any atom is 0.315 e. The number of nitrogens with zero attached hydrogens (tertiary/aromatic N) is 2. The number of rotatable bonds is 3. The van der Waals surface area contributed by atoms with Gasteiger partial charge in [0, 0.05) is 36.4 Å². The van der Waals surface area contributed by atoms with Gasteiger partial charge in [-0.2, -0.15) is 5.10 Å². The Kier molecular flexibility index (Phi) is 4.59. The molecule has 1 fully saturated rings. The number of nitrogens with one attached hydrogen (secondary N) is 3. The van der Waals surface area contributed by atoms with Crippen molar-refractivity contribution in [2.75, 3.05) is 18.0 Å². The van der Waals surface area contributed by atoms with E-state index in [1.165, 1.54) is 0 Å². The first-order chi connectivity index (χ1) is 11.0. The number of aromatic nitrogens is 2. The molecule has 3 N–H and O–H groups in total. The Balaban J connectivity index is 1.45. The van der Waals surface area contributed by atoms with Gasteiger partial charge in [-0.1, -0.05) is 12.2 Å². The Hall–Kier alpha value is -1.98. The van der Waals surface area contributed by atoms with E-state index >= 15 is 0 Å². The summed E-state index contributed by atoms with van der Waals surface area (Å²) < 4.78 is 0. The second-order valence-electron chi connectivity index (χ2n) is 7.04. The molecule has 1 unspecified atom stereocenters. The standard InChI is InChI=1S/C17H27N5O/c1-13-12-15(21-20-13)22-10-6-14(7-11-22)18-16(23)19-17(2)8-4-3-5-9-17/h3-4,12,14H,5-11H2,1-2H3,(H,20,21)(H2,18,19,23). The van der Waals surface area contributed by atoms with Gasteiger partial charge >= 0.3 is 6.03 Å². The van der Waals surface area contributed by atoms with E-state index in [0.717, 1.165) is 56.7 Å². The van der Waals surface area contributed by atoms with Gasteiger partial charge in [-0.25, -0.2) is 4.79 Å². The second kappa shape index (κ2) is 6.64. The monoisotopic (exact) mass is 317 g/mol. The minimum Gasteiger partial charge on any atom is -0.355 e. The van der Waals surface area contributed by atoms with Crippen LogP contribution >= 0.6 is 0 Å². The van der Waals surface area contributed by atoms with Crippen LogP contribution in [0, 0.1) is 6.92 Å². The average Bonchev–Trinajstić information content (AvgIpc) is 2.94. The molecule has 1 aromatic rings. The predicted molar refractivity (Wildman–Crippen MR) is 91.6 cm³/mol. The lowest BCUT2D eigenvalue weighted by Gasteiger charge is -2.35. The van der Waals surface area contributed by atoms with Crippen LogP contribution < -0.4 is 15.5 Å². The van der Waals surface area contributed by atoms with Crippen molar-refractivity contribution >= 4 is 11.8 Å². The van der Waals surface area contributed by atoms with E-state index in [1.807, 2.05) is 6.92 Å². The Labute approximate surface area is 137 Å². The summed E-state index contributed by atoms with van der Waals surface area (Å²) in [4.78, 5) is 14.5. The zero-order valence-electron chi connectivity index (χ0n) is 14.1. The van der Waals surface area contributed by atoms with Gasteiger partial charge in [-0.15, -0.1) is 0 Å². The van der Waals surface area contributed by atoms with Crippen molar-refractivity contribution < 1.29 is 4.79 Å². The molecule has 6 heteroatoms. The highest BCUT2D eigenvalue weighted by Gasteiger charge is 2.28. The molecule has 3 rings (SSSR count). The number of anilines is 1. The van der Waals surface area contributed by atoms with Gasteiger partial charge in [0.1, 0.15) is 0 Å².